The molecule has 12 nitrogen and oxygen atoms in total. The average Bonchev–Trinajstić information content (AvgIpc) is 3.23. The highest BCUT2D eigenvalue weighted by Crippen LogP contribution is 2.38. The molecule has 3 rings (SSSR count). The standard InChI is InChI=1S/C32H59N5O7/c1-18(2)34-31-37(9)24-14-20(4)42-30(27(24)43-31)44-28-21(5)26(39)22(6)29(40)35-23(12-10-11-13-33)15-25(38)36(8)17-19(3)16-32(28,7)41/h18-24,26-28,30,39,41H,10-17,33H2,1-9H3,(H,35,40)/b34-31+/t19-,20-,21+,22-,23?,24+,26+,27-,28-,30?,32-/m1/s1. The fraction of sp³-hybridized carbons (Fsp3) is 0.906. The topological polar surface area (TPSA) is 159 Å². The van der Waals surface area contributed by atoms with Gasteiger partial charge in [-0.2, -0.15) is 0 Å². The Morgan fingerprint density at radius 3 is 2.50 bits per heavy atom. The summed E-state index contributed by atoms with van der Waals surface area (Å²) in [6.07, 6.45) is -0.162. The third kappa shape index (κ3) is 9.05. The Hall–Kier alpha value is -1.99. The lowest BCUT2D eigenvalue weighted by Gasteiger charge is -2.45. The van der Waals surface area contributed by atoms with E-state index in [0.29, 0.717) is 32.0 Å². The summed E-state index contributed by atoms with van der Waals surface area (Å²) >= 11 is 0. The molecule has 3 aliphatic heterocycles. The van der Waals surface area contributed by atoms with Crippen molar-refractivity contribution in [1.82, 2.24) is 15.1 Å². The monoisotopic (exact) mass is 625 g/mol. The van der Waals surface area contributed by atoms with Crippen molar-refractivity contribution < 1.29 is 34.0 Å². The summed E-state index contributed by atoms with van der Waals surface area (Å²) in [5.41, 5.74) is 4.24. The Kier molecular flexibility index (Phi) is 12.9. The van der Waals surface area contributed by atoms with E-state index in [1.54, 1.807) is 32.7 Å². The van der Waals surface area contributed by atoms with Crippen molar-refractivity contribution in [3.63, 3.8) is 0 Å². The predicted octanol–water partition coefficient (Wildman–Crippen LogP) is 1.86. The molecule has 0 saturated carbocycles. The molecule has 0 spiro atoms. The fourth-order valence-electron chi connectivity index (χ4n) is 7.01. The lowest BCUT2D eigenvalue weighted by atomic mass is 9.77. The van der Waals surface area contributed by atoms with Crippen LogP contribution in [-0.2, 0) is 23.8 Å². The van der Waals surface area contributed by atoms with Gasteiger partial charge >= 0.3 is 0 Å². The third-order valence-electron chi connectivity index (χ3n) is 9.38. The lowest BCUT2D eigenvalue weighted by Crippen LogP contribution is -2.58. The van der Waals surface area contributed by atoms with Crippen LogP contribution in [0, 0.1) is 17.8 Å². The first-order valence-corrected chi connectivity index (χ1v) is 16.5. The number of aliphatic hydroxyl groups is 2. The largest absolute Gasteiger partial charge is 0.454 e. The molecule has 0 aliphatic carbocycles. The molecule has 0 aromatic rings. The van der Waals surface area contributed by atoms with Crippen molar-refractivity contribution in [1.29, 1.82) is 0 Å². The fourth-order valence-corrected chi connectivity index (χ4v) is 7.01. The summed E-state index contributed by atoms with van der Waals surface area (Å²) in [5.74, 6) is -2.00. The maximum Gasteiger partial charge on any atom is 0.288 e. The van der Waals surface area contributed by atoms with Gasteiger partial charge in [0.25, 0.3) is 6.02 Å². The summed E-state index contributed by atoms with van der Waals surface area (Å²) in [4.78, 5) is 35.0. The number of amidine groups is 1. The van der Waals surface area contributed by atoms with Gasteiger partial charge in [-0.1, -0.05) is 27.2 Å². The van der Waals surface area contributed by atoms with Crippen LogP contribution in [0.2, 0.25) is 0 Å². The zero-order chi connectivity index (χ0) is 32.9. The van der Waals surface area contributed by atoms with Crippen molar-refractivity contribution in [3.05, 3.63) is 0 Å². The van der Waals surface area contributed by atoms with Gasteiger partial charge in [-0.05, 0) is 65.8 Å². The van der Waals surface area contributed by atoms with Crippen LogP contribution in [0.5, 0.6) is 0 Å². The zero-order valence-electron chi connectivity index (χ0n) is 28.4. The van der Waals surface area contributed by atoms with Crippen LogP contribution in [0.15, 0.2) is 4.99 Å². The van der Waals surface area contributed by atoms with E-state index in [0.717, 1.165) is 19.3 Å². The number of amides is 2. The Morgan fingerprint density at radius 1 is 1.18 bits per heavy atom. The summed E-state index contributed by atoms with van der Waals surface area (Å²) in [6, 6.07) is 0.166. The van der Waals surface area contributed by atoms with Gasteiger partial charge in [-0.15, -0.1) is 0 Å². The number of likely N-dealkylation sites (N-methyl/N-ethyl adjacent to an activating group) is 1. The SMILES string of the molecule is CC(C)/N=C1/O[C@H]2C(O[C@@H]3[C@@H](C)[C@H](O)[C@@H](C)C(=O)NC(CCCCN)CC(=O)N(C)C[C@H](C)C[C@@]3(C)O)O[C@H](C)C[C@@H]2N1C. The smallest absolute Gasteiger partial charge is 0.288 e. The number of unbranched alkanes of at least 4 members (excludes halogenated alkanes) is 1. The molecular weight excluding hydrogens is 566 g/mol. The Morgan fingerprint density at radius 2 is 1.86 bits per heavy atom. The number of carbonyl (C=O) groups is 2. The molecule has 0 radical (unpaired) electrons. The number of ether oxygens (including phenoxy) is 3. The maximum atomic E-state index is 13.4. The van der Waals surface area contributed by atoms with E-state index in [1.165, 1.54) is 0 Å². The molecule has 3 saturated heterocycles. The number of nitrogens with zero attached hydrogens (tertiary/aromatic N) is 3. The minimum absolute atomic E-state index is 0.0376. The van der Waals surface area contributed by atoms with Crippen molar-refractivity contribution >= 4 is 17.8 Å². The second kappa shape index (κ2) is 15.5. The van der Waals surface area contributed by atoms with Crippen LogP contribution < -0.4 is 11.1 Å². The first-order chi connectivity index (χ1) is 20.5. The molecule has 2 amide bonds. The van der Waals surface area contributed by atoms with Crippen LogP contribution in [0.25, 0.3) is 0 Å². The lowest BCUT2D eigenvalue weighted by molar-refractivity contribution is -0.288. The number of aliphatic hydroxyl groups excluding tert-OH is 1. The summed E-state index contributed by atoms with van der Waals surface area (Å²) in [7, 11) is 3.71. The van der Waals surface area contributed by atoms with Gasteiger partial charge in [0.2, 0.25) is 11.8 Å². The van der Waals surface area contributed by atoms with Gasteiger partial charge in [0.15, 0.2) is 12.4 Å². The minimum atomic E-state index is -1.44. The molecule has 2 unspecified atom stereocenters. The number of carbonyl (C=O) groups excluding carboxylic acids is 2. The predicted molar refractivity (Wildman–Crippen MR) is 169 cm³/mol. The number of nitrogens with two attached hydrogens (primary N) is 1. The molecule has 0 aromatic carbocycles. The first-order valence-electron chi connectivity index (χ1n) is 16.5. The molecule has 5 N–H and O–H groups in total. The summed E-state index contributed by atoms with van der Waals surface area (Å²) < 4.78 is 19.3. The number of rotatable bonds is 7. The van der Waals surface area contributed by atoms with Crippen LogP contribution in [-0.4, -0.2) is 119 Å². The molecule has 0 aromatic heterocycles. The Bertz CT molecular complexity index is 994. The van der Waals surface area contributed by atoms with E-state index >= 15 is 0 Å². The Labute approximate surface area is 264 Å². The quantitative estimate of drug-likeness (QED) is 0.310. The summed E-state index contributed by atoms with van der Waals surface area (Å²) in [6.45, 7) is 14.1. The highest BCUT2D eigenvalue weighted by molar-refractivity contribution is 5.81. The first kappa shape index (κ1) is 36.5. The van der Waals surface area contributed by atoms with Crippen LogP contribution in [0.3, 0.4) is 0 Å². The van der Waals surface area contributed by atoms with Gasteiger partial charge in [0.05, 0.1) is 35.9 Å². The van der Waals surface area contributed by atoms with Crippen molar-refractivity contribution in [2.75, 3.05) is 27.2 Å². The molecule has 3 aliphatic rings. The van der Waals surface area contributed by atoms with Crippen molar-refractivity contribution in [2.45, 2.75) is 141 Å². The van der Waals surface area contributed by atoms with Crippen molar-refractivity contribution in [3.8, 4) is 0 Å². The van der Waals surface area contributed by atoms with Gasteiger partial charge in [0, 0.05) is 45.1 Å². The van der Waals surface area contributed by atoms with E-state index in [1.807, 2.05) is 39.6 Å². The van der Waals surface area contributed by atoms with E-state index < -0.39 is 42.0 Å². The number of aliphatic imine (C=N–C) groups is 1. The second-order valence-corrected chi connectivity index (χ2v) is 14.1. The molecule has 44 heavy (non-hydrogen) atoms. The highest BCUT2D eigenvalue weighted by Gasteiger charge is 2.52. The third-order valence-corrected chi connectivity index (χ3v) is 9.38. The molecule has 11 atom stereocenters. The van der Waals surface area contributed by atoms with Crippen molar-refractivity contribution in [2.24, 2.45) is 28.5 Å². The molecule has 3 heterocycles. The van der Waals surface area contributed by atoms with Gasteiger partial charge in [-0.25, -0.2) is 4.99 Å². The van der Waals surface area contributed by atoms with E-state index in [4.69, 9.17) is 19.9 Å². The van der Waals surface area contributed by atoms with Crippen LogP contribution in [0.4, 0.5) is 0 Å². The minimum Gasteiger partial charge on any atom is -0.454 e. The molecule has 0 bridgehead atoms. The van der Waals surface area contributed by atoms with Gasteiger partial charge < -0.3 is 45.3 Å². The molecule has 12 heteroatoms. The molecular formula is C32H59N5O7. The number of hydrogen-bond donors (Lipinski definition) is 4. The maximum absolute atomic E-state index is 13.4. The van der Waals surface area contributed by atoms with Gasteiger partial charge in [0.1, 0.15) is 0 Å². The van der Waals surface area contributed by atoms with Crippen LogP contribution >= 0.6 is 0 Å². The second-order valence-electron chi connectivity index (χ2n) is 14.1. The number of fused-ring (bicyclic) bond motifs is 1. The van der Waals surface area contributed by atoms with E-state index in [2.05, 4.69) is 10.3 Å². The summed E-state index contributed by atoms with van der Waals surface area (Å²) in [5, 5.41) is 26.7. The van der Waals surface area contributed by atoms with E-state index in [9.17, 15) is 19.8 Å². The Balaban J connectivity index is 1.93. The highest BCUT2D eigenvalue weighted by atomic mass is 16.7. The van der Waals surface area contributed by atoms with E-state index in [-0.39, 0.29) is 48.4 Å². The average molecular weight is 626 g/mol. The number of hydrogen-bond acceptors (Lipinski definition) is 9. The molecule has 3 fully saturated rings. The number of nitrogens with one attached hydrogen (secondary N) is 1. The normalized spacial score (nSPS) is 40.5. The zero-order valence-corrected chi connectivity index (χ0v) is 28.4. The molecule has 254 valence electrons. The van der Waals surface area contributed by atoms with Crippen LogP contribution in [0.1, 0.15) is 87.0 Å². The van der Waals surface area contributed by atoms with Gasteiger partial charge in [-0.3, -0.25) is 9.59 Å².